The number of hydrogen-bond donors (Lipinski definition) is 3. The third-order valence-corrected chi connectivity index (χ3v) is 3.19. The van der Waals surface area contributed by atoms with Crippen LogP contribution in [0.1, 0.15) is 12.8 Å². The zero-order valence-corrected chi connectivity index (χ0v) is 11.2. The van der Waals surface area contributed by atoms with Crippen molar-refractivity contribution in [1.29, 1.82) is 0 Å². The Balaban J connectivity index is 2.04. The van der Waals surface area contributed by atoms with E-state index in [0.717, 1.165) is 12.8 Å². The molecule has 8 heteroatoms. The van der Waals surface area contributed by atoms with Gasteiger partial charge >= 0.3 is 6.09 Å². The van der Waals surface area contributed by atoms with E-state index in [9.17, 15) is 4.79 Å². The molecule has 0 aliphatic carbocycles. The fourth-order valence-electron chi connectivity index (χ4n) is 1.95. The molecule has 0 spiro atoms. The second-order valence-electron chi connectivity index (χ2n) is 4.14. The van der Waals surface area contributed by atoms with Crippen LogP contribution in [0.15, 0.2) is 10.8 Å². The van der Waals surface area contributed by atoms with Gasteiger partial charge in [0.25, 0.3) is 0 Å². The number of hydrogen-bond acceptors (Lipinski definition) is 5. The van der Waals surface area contributed by atoms with Crippen molar-refractivity contribution < 1.29 is 9.90 Å². The minimum Gasteiger partial charge on any atom is -0.465 e. The van der Waals surface area contributed by atoms with Crippen LogP contribution < -0.4 is 11.1 Å². The molecule has 18 heavy (non-hydrogen) atoms. The molecule has 7 nitrogen and oxygen atoms in total. The van der Waals surface area contributed by atoms with Crippen molar-refractivity contribution in [2.75, 3.05) is 24.1 Å². The summed E-state index contributed by atoms with van der Waals surface area (Å²) in [5.74, 6) is 0.798. The summed E-state index contributed by atoms with van der Waals surface area (Å²) in [7, 11) is 0. The number of aromatic nitrogens is 2. The smallest absolute Gasteiger partial charge is 0.407 e. The highest BCUT2D eigenvalue weighted by atomic mass is 79.9. The van der Waals surface area contributed by atoms with Gasteiger partial charge in [-0.3, -0.25) is 0 Å². The average Bonchev–Trinajstić information content (AvgIpc) is 2.34. The first kappa shape index (κ1) is 12.9. The first-order valence-electron chi connectivity index (χ1n) is 5.58. The fourth-order valence-corrected chi connectivity index (χ4v) is 2.22. The number of piperidine rings is 1. The molecular weight excluding hydrogens is 302 g/mol. The first-order valence-corrected chi connectivity index (χ1v) is 6.38. The second kappa shape index (κ2) is 5.38. The summed E-state index contributed by atoms with van der Waals surface area (Å²) in [6.45, 7) is 1.01. The number of halogens is 1. The number of carboxylic acid groups (broad SMARTS) is 1. The highest BCUT2D eigenvalue weighted by Gasteiger charge is 2.23. The van der Waals surface area contributed by atoms with Gasteiger partial charge in [-0.15, -0.1) is 0 Å². The van der Waals surface area contributed by atoms with Gasteiger partial charge in [-0.05, 0) is 28.8 Å². The summed E-state index contributed by atoms with van der Waals surface area (Å²) in [6.07, 6.45) is 2.34. The van der Waals surface area contributed by atoms with Gasteiger partial charge in [-0.2, -0.15) is 0 Å². The van der Waals surface area contributed by atoms with Gasteiger partial charge in [0.05, 0.1) is 6.20 Å². The highest BCUT2D eigenvalue weighted by molar-refractivity contribution is 9.10. The summed E-state index contributed by atoms with van der Waals surface area (Å²) in [4.78, 5) is 20.5. The third kappa shape index (κ3) is 3.00. The van der Waals surface area contributed by atoms with Crippen molar-refractivity contribution >= 4 is 33.7 Å². The van der Waals surface area contributed by atoms with E-state index >= 15 is 0 Å². The van der Waals surface area contributed by atoms with Gasteiger partial charge in [0.2, 0.25) is 0 Å². The van der Waals surface area contributed by atoms with E-state index in [0.29, 0.717) is 29.3 Å². The molecule has 98 valence electrons. The zero-order valence-electron chi connectivity index (χ0n) is 9.64. The van der Waals surface area contributed by atoms with Crippen LogP contribution in [0.3, 0.4) is 0 Å². The van der Waals surface area contributed by atoms with E-state index in [1.54, 1.807) is 0 Å². The zero-order chi connectivity index (χ0) is 13.1. The van der Waals surface area contributed by atoms with E-state index in [-0.39, 0.29) is 6.04 Å². The van der Waals surface area contributed by atoms with Crippen molar-refractivity contribution in [2.45, 2.75) is 18.9 Å². The van der Waals surface area contributed by atoms with E-state index in [2.05, 4.69) is 31.2 Å². The maximum absolute atomic E-state index is 10.9. The molecule has 1 aromatic rings. The lowest BCUT2D eigenvalue weighted by Crippen LogP contribution is -2.44. The SMILES string of the molecule is Nc1ncc(Br)nc1NC1CCCN(C(=O)O)C1. The molecule has 4 N–H and O–H groups in total. The molecule has 1 aromatic heterocycles. The van der Waals surface area contributed by atoms with Crippen LogP contribution >= 0.6 is 15.9 Å². The number of nitrogen functional groups attached to an aromatic ring is 1. The number of amides is 1. The molecule has 1 fully saturated rings. The first-order chi connectivity index (χ1) is 8.56. The lowest BCUT2D eigenvalue weighted by molar-refractivity contribution is 0.133. The number of nitrogens with zero attached hydrogens (tertiary/aromatic N) is 3. The summed E-state index contributed by atoms with van der Waals surface area (Å²) >= 11 is 3.22. The number of nitrogens with two attached hydrogens (primary N) is 1. The highest BCUT2D eigenvalue weighted by Crippen LogP contribution is 2.20. The molecule has 2 rings (SSSR count). The molecular formula is C10H14BrN5O2. The largest absolute Gasteiger partial charge is 0.465 e. The van der Waals surface area contributed by atoms with Crippen LogP contribution in [0.25, 0.3) is 0 Å². The molecule has 1 unspecified atom stereocenters. The van der Waals surface area contributed by atoms with Crippen molar-refractivity contribution in [3.05, 3.63) is 10.8 Å². The summed E-state index contributed by atoms with van der Waals surface area (Å²) in [5, 5.41) is 12.1. The molecule has 1 atom stereocenters. The van der Waals surface area contributed by atoms with Gasteiger partial charge in [0, 0.05) is 19.1 Å². The standard InChI is InChI=1S/C10H14BrN5O2/c11-7-4-13-8(12)9(15-7)14-6-2-1-3-16(5-6)10(17)18/h4,6H,1-3,5H2,(H2,12,13)(H,14,15)(H,17,18). The normalized spacial score (nSPS) is 19.6. The van der Waals surface area contributed by atoms with Crippen molar-refractivity contribution in [1.82, 2.24) is 14.9 Å². The van der Waals surface area contributed by atoms with Gasteiger partial charge < -0.3 is 21.1 Å². The predicted octanol–water partition coefficient (Wildman–Crippen LogP) is 1.38. The minimum atomic E-state index is -0.894. The van der Waals surface area contributed by atoms with Crippen LogP contribution in [0.2, 0.25) is 0 Å². The number of nitrogens with one attached hydrogen (secondary N) is 1. The average molecular weight is 316 g/mol. The maximum Gasteiger partial charge on any atom is 0.407 e. The number of likely N-dealkylation sites (tertiary alicyclic amines) is 1. The molecule has 0 saturated carbocycles. The number of carbonyl (C=O) groups is 1. The summed E-state index contributed by atoms with van der Waals surface area (Å²) < 4.78 is 0.588. The molecule has 1 amide bonds. The Morgan fingerprint density at radius 3 is 3.17 bits per heavy atom. The Bertz CT molecular complexity index is 456. The van der Waals surface area contributed by atoms with Gasteiger partial charge in [0.1, 0.15) is 4.60 Å². The molecule has 0 radical (unpaired) electrons. The van der Waals surface area contributed by atoms with Crippen molar-refractivity contribution in [2.24, 2.45) is 0 Å². The Hall–Kier alpha value is -1.57. The number of anilines is 2. The van der Waals surface area contributed by atoms with E-state index in [1.165, 1.54) is 11.1 Å². The van der Waals surface area contributed by atoms with Gasteiger partial charge in [-0.1, -0.05) is 0 Å². The lowest BCUT2D eigenvalue weighted by atomic mass is 10.1. The van der Waals surface area contributed by atoms with Crippen LogP contribution in [-0.2, 0) is 0 Å². The lowest BCUT2D eigenvalue weighted by Gasteiger charge is -2.31. The molecule has 1 saturated heterocycles. The van der Waals surface area contributed by atoms with Crippen molar-refractivity contribution in [3.63, 3.8) is 0 Å². The van der Waals surface area contributed by atoms with Crippen molar-refractivity contribution in [3.8, 4) is 0 Å². The molecule has 0 aromatic carbocycles. The number of rotatable bonds is 2. The van der Waals surface area contributed by atoms with E-state index in [4.69, 9.17) is 10.8 Å². The summed E-state index contributed by atoms with van der Waals surface area (Å²) in [6, 6.07) is 0.0146. The Kier molecular flexibility index (Phi) is 3.85. The summed E-state index contributed by atoms with van der Waals surface area (Å²) in [5.41, 5.74) is 5.71. The van der Waals surface area contributed by atoms with Gasteiger partial charge in [0.15, 0.2) is 11.6 Å². The van der Waals surface area contributed by atoms with E-state index in [1.807, 2.05) is 0 Å². The fraction of sp³-hybridized carbons (Fsp3) is 0.500. The topological polar surface area (TPSA) is 104 Å². The molecule has 1 aliphatic rings. The Morgan fingerprint density at radius 1 is 1.67 bits per heavy atom. The maximum atomic E-state index is 10.9. The van der Waals surface area contributed by atoms with Crippen LogP contribution in [0, 0.1) is 0 Å². The molecule has 2 heterocycles. The van der Waals surface area contributed by atoms with Crippen LogP contribution in [0.5, 0.6) is 0 Å². The Morgan fingerprint density at radius 2 is 2.44 bits per heavy atom. The predicted molar refractivity (Wildman–Crippen MR) is 70.4 cm³/mol. The molecule has 1 aliphatic heterocycles. The Labute approximate surface area is 113 Å². The molecule has 0 bridgehead atoms. The third-order valence-electron chi connectivity index (χ3n) is 2.80. The van der Waals surface area contributed by atoms with Crippen LogP contribution in [-0.4, -0.2) is 45.2 Å². The minimum absolute atomic E-state index is 0.0146. The quantitative estimate of drug-likeness (QED) is 0.761. The van der Waals surface area contributed by atoms with E-state index < -0.39 is 6.09 Å². The monoisotopic (exact) mass is 315 g/mol. The van der Waals surface area contributed by atoms with Crippen LogP contribution in [0.4, 0.5) is 16.4 Å². The van der Waals surface area contributed by atoms with Gasteiger partial charge in [-0.25, -0.2) is 14.8 Å². The second-order valence-corrected chi connectivity index (χ2v) is 4.95.